The standard InChI is InChI=1S/C13H18N4O3S/c18-9-8-16-4-6-17(7-5-16)21(19,20)12-10-15-13-11(12)2-1-3-14-13/h1-3,10,18H,4-9H2,(H,14,15). The first kappa shape index (κ1) is 14.5. The zero-order chi connectivity index (χ0) is 14.9. The summed E-state index contributed by atoms with van der Waals surface area (Å²) >= 11 is 0. The number of sulfonamides is 1. The Morgan fingerprint density at radius 1 is 1.29 bits per heavy atom. The Bertz CT molecular complexity index is 720. The molecule has 2 aromatic heterocycles. The van der Waals surface area contributed by atoms with Gasteiger partial charge in [0, 0.05) is 50.5 Å². The molecule has 0 saturated carbocycles. The maximum Gasteiger partial charge on any atom is 0.245 e. The van der Waals surface area contributed by atoms with Gasteiger partial charge in [0.05, 0.1) is 6.61 Å². The fourth-order valence-electron chi connectivity index (χ4n) is 2.62. The fraction of sp³-hybridized carbons (Fsp3) is 0.462. The van der Waals surface area contributed by atoms with E-state index in [1.807, 2.05) is 0 Å². The van der Waals surface area contributed by atoms with E-state index < -0.39 is 10.0 Å². The van der Waals surface area contributed by atoms with Gasteiger partial charge in [0.25, 0.3) is 0 Å². The average molecular weight is 310 g/mol. The number of aromatic amines is 1. The number of hydrogen-bond donors (Lipinski definition) is 2. The van der Waals surface area contributed by atoms with Gasteiger partial charge in [-0.25, -0.2) is 13.4 Å². The van der Waals surface area contributed by atoms with Crippen molar-refractivity contribution in [3.8, 4) is 0 Å². The summed E-state index contributed by atoms with van der Waals surface area (Å²) in [5, 5.41) is 9.55. The van der Waals surface area contributed by atoms with E-state index >= 15 is 0 Å². The van der Waals surface area contributed by atoms with Crippen LogP contribution in [0.25, 0.3) is 11.0 Å². The quantitative estimate of drug-likeness (QED) is 0.820. The van der Waals surface area contributed by atoms with Crippen LogP contribution in [0.2, 0.25) is 0 Å². The van der Waals surface area contributed by atoms with Crippen molar-refractivity contribution >= 4 is 21.1 Å². The molecule has 2 N–H and O–H groups in total. The van der Waals surface area contributed by atoms with Gasteiger partial charge in [-0.1, -0.05) is 0 Å². The second-order valence-corrected chi connectivity index (χ2v) is 6.93. The smallest absolute Gasteiger partial charge is 0.245 e. The van der Waals surface area contributed by atoms with Crippen molar-refractivity contribution in [2.45, 2.75) is 4.90 Å². The third kappa shape index (κ3) is 2.67. The monoisotopic (exact) mass is 310 g/mol. The molecular formula is C13H18N4O3S. The molecule has 0 spiro atoms. The summed E-state index contributed by atoms with van der Waals surface area (Å²) in [6.45, 7) is 2.84. The fourth-order valence-corrected chi connectivity index (χ4v) is 4.19. The number of hydrogen-bond acceptors (Lipinski definition) is 5. The van der Waals surface area contributed by atoms with Gasteiger partial charge in [-0.3, -0.25) is 4.90 Å². The van der Waals surface area contributed by atoms with Gasteiger partial charge >= 0.3 is 0 Å². The van der Waals surface area contributed by atoms with Crippen molar-refractivity contribution in [1.29, 1.82) is 0 Å². The average Bonchev–Trinajstić information content (AvgIpc) is 2.93. The molecule has 8 heteroatoms. The molecule has 0 aliphatic carbocycles. The van der Waals surface area contributed by atoms with E-state index in [-0.39, 0.29) is 11.5 Å². The highest BCUT2D eigenvalue weighted by molar-refractivity contribution is 7.89. The number of β-amino-alcohol motifs (C(OH)–C–C–N with tert-alkyl or cyclic N) is 1. The maximum absolute atomic E-state index is 12.7. The molecule has 0 unspecified atom stereocenters. The number of aliphatic hydroxyl groups excluding tert-OH is 1. The van der Waals surface area contributed by atoms with E-state index in [2.05, 4.69) is 14.9 Å². The van der Waals surface area contributed by atoms with Crippen LogP contribution in [0, 0.1) is 0 Å². The Kier molecular flexibility index (Phi) is 3.94. The highest BCUT2D eigenvalue weighted by Crippen LogP contribution is 2.24. The van der Waals surface area contributed by atoms with Crippen molar-refractivity contribution in [2.75, 3.05) is 39.3 Å². The molecule has 0 atom stereocenters. The van der Waals surface area contributed by atoms with E-state index in [0.717, 1.165) is 0 Å². The number of pyridine rings is 1. The summed E-state index contributed by atoms with van der Waals surface area (Å²) in [6.07, 6.45) is 3.13. The van der Waals surface area contributed by atoms with Crippen LogP contribution < -0.4 is 0 Å². The first-order chi connectivity index (χ1) is 10.1. The molecule has 3 heterocycles. The molecule has 1 fully saturated rings. The minimum absolute atomic E-state index is 0.0981. The zero-order valence-corrected chi connectivity index (χ0v) is 12.4. The van der Waals surface area contributed by atoms with Crippen LogP contribution in [0.15, 0.2) is 29.4 Å². The predicted octanol–water partition coefficient (Wildman–Crippen LogP) is -0.139. The first-order valence-corrected chi connectivity index (χ1v) is 8.32. The Morgan fingerprint density at radius 3 is 2.76 bits per heavy atom. The van der Waals surface area contributed by atoms with Crippen LogP contribution in [-0.2, 0) is 10.0 Å². The molecule has 1 aliphatic rings. The summed E-state index contributed by atoms with van der Waals surface area (Å²) in [4.78, 5) is 9.36. The van der Waals surface area contributed by atoms with E-state index in [1.165, 1.54) is 10.5 Å². The lowest BCUT2D eigenvalue weighted by Crippen LogP contribution is -2.49. The van der Waals surface area contributed by atoms with Gasteiger partial charge in [0.15, 0.2) is 0 Å². The number of aliphatic hydroxyl groups is 1. The molecule has 2 aromatic rings. The van der Waals surface area contributed by atoms with E-state index in [0.29, 0.717) is 43.8 Å². The molecule has 1 aliphatic heterocycles. The number of H-pyrrole nitrogens is 1. The summed E-state index contributed by atoms with van der Waals surface area (Å²) in [6, 6.07) is 3.49. The number of nitrogens with zero attached hydrogens (tertiary/aromatic N) is 3. The molecule has 21 heavy (non-hydrogen) atoms. The molecule has 0 amide bonds. The molecule has 1 saturated heterocycles. The van der Waals surface area contributed by atoms with Crippen LogP contribution in [-0.4, -0.2) is 72.0 Å². The maximum atomic E-state index is 12.7. The minimum Gasteiger partial charge on any atom is -0.395 e. The normalized spacial score (nSPS) is 18.3. The summed E-state index contributed by atoms with van der Waals surface area (Å²) in [5.41, 5.74) is 0.579. The highest BCUT2D eigenvalue weighted by atomic mass is 32.2. The third-order valence-electron chi connectivity index (χ3n) is 3.78. The van der Waals surface area contributed by atoms with Crippen molar-refractivity contribution in [3.05, 3.63) is 24.5 Å². The molecular weight excluding hydrogens is 292 g/mol. The van der Waals surface area contributed by atoms with E-state index in [9.17, 15) is 8.42 Å². The lowest BCUT2D eigenvalue weighted by Gasteiger charge is -2.33. The Balaban J connectivity index is 1.85. The largest absolute Gasteiger partial charge is 0.395 e. The first-order valence-electron chi connectivity index (χ1n) is 6.88. The van der Waals surface area contributed by atoms with Crippen LogP contribution in [0.3, 0.4) is 0 Å². The summed E-state index contributed by atoms with van der Waals surface area (Å²) < 4.78 is 27.0. The van der Waals surface area contributed by atoms with Crippen molar-refractivity contribution in [3.63, 3.8) is 0 Å². The topological polar surface area (TPSA) is 89.5 Å². The van der Waals surface area contributed by atoms with E-state index in [4.69, 9.17) is 5.11 Å². The van der Waals surface area contributed by atoms with Gasteiger partial charge in [0.1, 0.15) is 10.5 Å². The number of nitrogens with one attached hydrogen (secondary N) is 1. The number of rotatable bonds is 4. The van der Waals surface area contributed by atoms with Gasteiger partial charge in [-0.2, -0.15) is 4.31 Å². The Morgan fingerprint density at radius 2 is 2.05 bits per heavy atom. The van der Waals surface area contributed by atoms with Gasteiger partial charge in [-0.15, -0.1) is 0 Å². The molecule has 7 nitrogen and oxygen atoms in total. The zero-order valence-electron chi connectivity index (χ0n) is 11.6. The second-order valence-electron chi connectivity index (χ2n) is 5.02. The number of fused-ring (bicyclic) bond motifs is 1. The second kappa shape index (κ2) is 5.72. The van der Waals surface area contributed by atoms with Crippen LogP contribution >= 0.6 is 0 Å². The number of aromatic nitrogens is 2. The molecule has 0 aromatic carbocycles. The van der Waals surface area contributed by atoms with Gasteiger partial charge in [-0.05, 0) is 12.1 Å². The van der Waals surface area contributed by atoms with Crippen LogP contribution in [0.1, 0.15) is 0 Å². The van der Waals surface area contributed by atoms with Crippen molar-refractivity contribution < 1.29 is 13.5 Å². The van der Waals surface area contributed by atoms with Gasteiger partial charge in [0.2, 0.25) is 10.0 Å². The molecule has 3 rings (SSSR count). The minimum atomic E-state index is -3.51. The van der Waals surface area contributed by atoms with Gasteiger partial charge < -0.3 is 10.1 Å². The summed E-state index contributed by atoms with van der Waals surface area (Å²) in [7, 11) is -3.51. The highest BCUT2D eigenvalue weighted by Gasteiger charge is 2.30. The van der Waals surface area contributed by atoms with Crippen molar-refractivity contribution in [2.24, 2.45) is 0 Å². The Hall–Kier alpha value is -1.48. The lowest BCUT2D eigenvalue weighted by atomic mass is 10.3. The third-order valence-corrected chi connectivity index (χ3v) is 5.72. The molecule has 0 radical (unpaired) electrons. The lowest BCUT2D eigenvalue weighted by molar-refractivity contribution is 0.151. The molecule has 0 bridgehead atoms. The Labute approximate surface area is 123 Å². The molecule has 114 valence electrons. The SMILES string of the molecule is O=S(=O)(c1c[nH]c2ncccc12)N1CCN(CCO)CC1. The summed E-state index contributed by atoms with van der Waals surface area (Å²) in [5.74, 6) is 0. The number of piperazine rings is 1. The van der Waals surface area contributed by atoms with Crippen LogP contribution in [0.5, 0.6) is 0 Å². The van der Waals surface area contributed by atoms with Crippen molar-refractivity contribution in [1.82, 2.24) is 19.2 Å². The van der Waals surface area contributed by atoms with Crippen LogP contribution in [0.4, 0.5) is 0 Å². The predicted molar refractivity (Wildman–Crippen MR) is 78.4 cm³/mol. The van der Waals surface area contributed by atoms with E-state index in [1.54, 1.807) is 18.3 Å².